The van der Waals surface area contributed by atoms with Gasteiger partial charge in [0.15, 0.2) is 11.4 Å². The fourth-order valence-corrected chi connectivity index (χ4v) is 2.14. The molecule has 1 atom stereocenters. The highest BCUT2D eigenvalue weighted by Gasteiger charge is 2.37. The Balaban J connectivity index is 2.65. The third-order valence-corrected chi connectivity index (χ3v) is 4.10. The van der Waals surface area contributed by atoms with Crippen LogP contribution in [0.5, 0.6) is 0 Å². The van der Waals surface area contributed by atoms with Gasteiger partial charge in [-0.3, -0.25) is 0 Å². The number of carbonyl (C=O) groups is 1. The first-order valence-electron chi connectivity index (χ1n) is 5.88. The van der Waals surface area contributed by atoms with Crippen LogP contribution in [0.15, 0.2) is 18.2 Å². The Kier molecular flexibility index (Phi) is 3.96. The van der Waals surface area contributed by atoms with E-state index >= 15 is 0 Å². The minimum Gasteiger partial charge on any atom is -0.479 e. The highest BCUT2D eigenvalue weighted by Crippen LogP contribution is 2.34. The maximum Gasteiger partial charge on any atom is 0.331 e. The van der Waals surface area contributed by atoms with Crippen molar-refractivity contribution in [1.29, 1.82) is 0 Å². The number of nitrogens with zero attached hydrogens (tertiary/aromatic N) is 4. The molecule has 8 heteroatoms. The van der Waals surface area contributed by atoms with Gasteiger partial charge >= 0.3 is 5.97 Å². The molecule has 1 aromatic heterocycles. The van der Waals surface area contributed by atoms with Gasteiger partial charge in [-0.05, 0) is 35.9 Å². The summed E-state index contributed by atoms with van der Waals surface area (Å²) < 4.78 is 1.26. The highest BCUT2D eigenvalue weighted by molar-refractivity contribution is 6.43. The van der Waals surface area contributed by atoms with Crippen LogP contribution < -0.4 is 0 Å². The van der Waals surface area contributed by atoms with Gasteiger partial charge in [0.05, 0.1) is 10.0 Å². The zero-order valence-corrected chi connectivity index (χ0v) is 12.4. The van der Waals surface area contributed by atoms with E-state index < -0.39 is 11.5 Å². The summed E-state index contributed by atoms with van der Waals surface area (Å²) in [5, 5.41) is 21.3. The van der Waals surface area contributed by atoms with Gasteiger partial charge < -0.3 is 5.11 Å². The summed E-state index contributed by atoms with van der Waals surface area (Å²) in [6.45, 7) is 3.30. The number of hydrogen-bond acceptors (Lipinski definition) is 4. The van der Waals surface area contributed by atoms with Crippen molar-refractivity contribution in [3.05, 3.63) is 28.2 Å². The van der Waals surface area contributed by atoms with Crippen molar-refractivity contribution in [1.82, 2.24) is 20.2 Å². The van der Waals surface area contributed by atoms with Gasteiger partial charge in [0.1, 0.15) is 0 Å². The van der Waals surface area contributed by atoms with Gasteiger partial charge in [-0.15, -0.1) is 5.10 Å². The topological polar surface area (TPSA) is 80.9 Å². The monoisotopic (exact) mass is 314 g/mol. The molecular weight excluding hydrogens is 303 g/mol. The second kappa shape index (κ2) is 5.38. The zero-order valence-electron chi connectivity index (χ0n) is 10.8. The molecule has 0 amide bonds. The van der Waals surface area contributed by atoms with Crippen LogP contribution >= 0.6 is 23.2 Å². The average Bonchev–Trinajstić information content (AvgIpc) is 2.90. The van der Waals surface area contributed by atoms with Crippen LogP contribution in [0, 0.1) is 0 Å². The number of aliphatic carboxylic acids is 1. The van der Waals surface area contributed by atoms with Crippen LogP contribution in [0.1, 0.15) is 20.3 Å². The number of halogens is 2. The maximum absolute atomic E-state index is 11.5. The van der Waals surface area contributed by atoms with E-state index in [2.05, 4.69) is 15.5 Å². The second-order valence-corrected chi connectivity index (χ2v) is 5.23. The lowest BCUT2D eigenvalue weighted by Gasteiger charge is -2.24. The fraction of sp³-hybridized carbons (Fsp3) is 0.333. The molecule has 0 aliphatic heterocycles. The molecule has 0 saturated heterocycles. The van der Waals surface area contributed by atoms with Gasteiger partial charge in [0.2, 0.25) is 0 Å². The number of rotatable bonds is 4. The molecule has 0 radical (unpaired) electrons. The molecule has 6 nitrogen and oxygen atoms in total. The number of carboxylic acid groups (broad SMARTS) is 1. The van der Waals surface area contributed by atoms with Crippen molar-refractivity contribution in [2.75, 3.05) is 0 Å². The van der Waals surface area contributed by atoms with E-state index in [1.54, 1.807) is 32.0 Å². The molecule has 106 valence electrons. The molecule has 2 aromatic rings. The second-order valence-electron chi connectivity index (χ2n) is 4.45. The Labute approximate surface area is 125 Å². The van der Waals surface area contributed by atoms with E-state index in [4.69, 9.17) is 23.2 Å². The molecule has 2 rings (SSSR count). The SMILES string of the molecule is CCC(C)(C(=O)O)n1nnnc1-c1cccc(Cl)c1Cl. The highest BCUT2D eigenvalue weighted by atomic mass is 35.5. The Bertz CT molecular complexity index is 659. The van der Waals surface area contributed by atoms with Crippen molar-refractivity contribution >= 4 is 29.2 Å². The van der Waals surface area contributed by atoms with Gasteiger partial charge in [-0.2, -0.15) is 0 Å². The lowest BCUT2D eigenvalue weighted by Crippen LogP contribution is -2.39. The normalized spacial score (nSPS) is 14.0. The van der Waals surface area contributed by atoms with Crippen LogP contribution in [0.4, 0.5) is 0 Å². The first-order chi connectivity index (χ1) is 9.41. The molecule has 0 saturated carbocycles. The first-order valence-corrected chi connectivity index (χ1v) is 6.64. The summed E-state index contributed by atoms with van der Waals surface area (Å²) in [5.41, 5.74) is -0.769. The maximum atomic E-state index is 11.5. The van der Waals surface area contributed by atoms with Crippen LogP contribution in [0.3, 0.4) is 0 Å². The van der Waals surface area contributed by atoms with Crippen LogP contribution in [0.25, 0.3) is 11.4 Å². The molecule has 0 bridgehead atoms. The minimum atomic E-state index is -1.26. The van der Waals surface area contributed by atoms with E-state index in [0.29, 0.717) is 17.0 Å². The van der Waals surface area contributed by atoms with Crippen LogP contribution in [-0.4, -0.2) is 31.3 Å². The number of benzene rings is 1. The predicted molar refractivity (Wildman–Crippen MR) is 74.8 cm³/mol. The van der Waals surface area contributed by atoms with E-state index in [9.17, 15) is 9.90 Å². The van der Waals surface area contributed by atoms with Crippen molar-refractivity contribution in [2.24, 2.45) is 0 Å². The minimum absolute atomic E-state index is 0.268. The summed E-state index contributed by atoms with van der Waals surface area (Å²) in [6, 6.07) is 5.03. The van der Waals surface area contributed by atoms with E-state index in [1.165, 1.54) is 4.68 Å². The smallest absolute Gasteiger partial charge is 0.331 e. The van der Waals surface area contributed by atoms with Gasteiger partial charge in [0.25, 0.3) is 0 Å². The summed E-state index contributed by atoms with van der Waals surface area (Å²) in [5.74, 6) is -0.754. The first kappa shape index (κ1) is 14.7. The number of hydrogen-bond donors (Lipinski definition) is 1. The summed E-state index contributed by atoms with van der Waals surface area (Å²) >= 11 is 12.1. The summed E-state index contributed by atoms with van der Waals surface area (Å²) in [6.07, 6.45) is 0.318. The quantitative estimate of drug-likeness (QED) is 0.938. The Hall–Kier alpha value is -1.66. The van der Waals surface area contributed by atoms with Crippen molar-refractivity contribution in [3.8, 4) is 11.4 Å². The molecular formula is C12H12Cl2N4O2. The molecule has 20 heavy (non-hydrogen) atoms. The lowest BCUT2D eigenvalue weighted by molar-refractivity contribution is -0.147. The van der Waals surface area contributed by atoms with Crippen LogP contribution in [-0.2, 0) is 10.3 Å². The number of tetrazole rings is 1. The van der Waals surface area contributed by atoms with E-state index in [1.807, 2.05) is 0 Å². The summed E-state index contributed by atoms with van der Waals surface area (Å²) in [7, 11) is 0. The van der Waals surface area contributed by atoms with E-state index in [0.717, 1.165) is 0 Å². The Morgan fingerprint density at radius 3 is 2.75 bits per heavy atom. The summed E-state index contributed by atoms with van der Waals surface area (Å²) in [4.78, 5) is 11.5. The third-order valence-electron chi connectivity index (χ3n) is 3.28. The molecule has 0 aliphatic carbocycles. The molecule has 1 unspecified atom stereocenters. The number of carboxylic acids is 1. The van der Waals surface area contributed by atoms with Crippen molar-refractivity contribution in [3.63, 3.8) is 0 Å². The zero-order chi connectivity index (χ0) is 14.9. The molecule has 1 N–H and O–H groups in total. The Morgan fingerprint density at radius 2 is 2.15 bits per heavy atom. The standard InChI is InChI=1S/C12H12Cl2N4O2/c1-3-12(2,11(19)20)18-10(15-16-17-18)7-5-4-6-8(13)9(7)14/h4-6H,3H2,1-2H3,(H,19,20). The molecule has 1 heterocycles. The van der Waals surface area contributed by atoms with Crippen molar-refractivity contribution in [2.45, 2.75) is 25.8 Å². The van der Waals surface area contributed by atoms with Gasteiger partial charge in [-0.25, -0.2) is 9.48 Å². The fourth-order valence-electron chi connectivity index (χ4n) is 1.76. The van der Waals surface area contributed by atoms with Gasteiger partial charge in [-0.1, -0.05) is 36.2 Å². The van der Waals surface area contributed by atoms with E-state index in [-0.39, 0.29) is 10.8 Å². The Morgan fingerprint density at radius 1 is 1.45 bits per heavy atom. The lowest BCUT2D eigenvalue weighted by atomic mass is 9.99. The van der Waals surface area contributed by atoms with Crippen molar-refractivity contribution < 1.29 is 9.90 Å². The third kappa shape index (κ3) is 2.25. The molecule has 0 fully saturated rings. The largest absolute Gasteiger partial charge is 0.479 e. The van der Waals surface area contributed by atoms with Gasteiger partial charge in [0, 0.05) is 5.56 Å². The molecule has 1 aromatic carbocycles. The predicted octanol–water partition coefficient (Wildman–Crippen LogP) is 2.86. The average molecular weight is 315 g/mol. The molecule has 0 aliphatic rings. The number of aromatic nitrogens is 4. The van der Waals surface area contributed by atoms with Crippen LogP contribution in [0.2, 0.25) is 10.0 Å². The molecule has 0 spiro atoms.